The summed E-state index contributed by atoms with van der Waals surface area (Å²) in [7, 11) is 1.63. The van der Waals surface area contributed by atoms with Crippen molar-refractivity contribution in [2.75, 3.05) is 31.6 Å². The lowest BCUT2D eigenvalue weighted by Crippen LogP contribution is -2.34. The third-order valence-electron chi connectivity index (χ3n) is 5.20. The van der Waals surface area contributed by atoms with E-state index in [1.807, 2.05) is 50.9 Å². The molecule has 2 fully saturated rings. The van der Waals surface area contributed by atoms with Crippen molar-refractivity contribution >= 4 is 28.8 Å². The van der Waals surface area contributed by atoms with Crippen LogP contribution in [0, 0.1) is 5.41 Å². The minimum Gasteiger partial charge on any atom is -0.497 e. The van der Waals surface area contributed by atoms with E-state index in [9.17, 15) is 9.59 Å². The Kier molecular flexibility index (Phi) is 4.00. The SMILES string of the molecule is COc1ccc(N2C[C@@]3(CCN(C(=O)c4ccsc4)C3)CC2=O)cc1. The van der Waals surface area contributed by atoms with Crippen LogP contribution in [0.3, 0.4) is 0 Å². The van der Waals surface area contributed by atoms with Crippen LogP contribution in [0.5, 0.6) is 5.75 Å². The van der Waals surface area contributed by atoms with Gasteiger partial charge in [-0.1, -0.05) is 0 Å². The summed E-state index contributed by atoms with van der Waals surface area (Å²) in [5, 5.41) is 3.81. The zero-order chi connectivity index (χ0) is 17.4. The van der Waals surface area contributed by atoms with Crippen molar-refractivity contribution in [2.24, 2.45) is 5.41 Å². The molecule has 25 heavy (non-hydrogen) atoms. The number of hydrogen-bond donors (Lipinski definition) is 0. The van der Waals surface area contributed by atoms with Crippen LogP contribution < -0.4 is 9.64 Å². The number of likely N-dealkylation sites (tertiary alicyclic amines) is 1. The van der Waals surface area contributed by atoms with Crippen LogP contribution in [0.25, 0.3) is 0 Å². The molecule has 6 heteroatoms. The van der Waals surface area contributed by atoms with E-state index < -0.39 is 0 Å². The van der Waals surface area contributed by atoms with Crippen LogP contribution in [-0.2, 0) is 4.79 Å². The molecule has 1 spiro atoms. The Morgan fingerprint density at radius 3 is 2.68 bits per heavy atom. The maximum absolute atomic E-state index is 12.6. The summed E-state index contributed by atoms with van der Waals surface area (Å²) >= 11 is 1.53. The maximum atomic E-state index is 12.6. The number of thiophene rings is 1. The Labute approximate surface area is 150 Å². The first kappa shape index (κ1) is 16.1. The highest BCUT2D eigenvalue weighted by Crippen LogP contribution is 2.42. The monoisotopic (exact) mass is 356 g/mol. The fourth-order valence-corrected chi connectivity index (χ4v) is 4.47. The van der Waals surface area contributed by atoms with E-state index in [1.165, 1.54) is 11.3 Å². The van der Waals surface area contributed by atoms with Crippen LogP contribution in [0.1, 0.15) is 23.2 Å². The number of carbonyl (C=O) groups excluding carboxylic acids is 2. The van der Waals surface area contributed by atoms with Gasteiger partial charge in [0.05, 0.1) is 12.7 Å². The molecule has 1 atom stereocenters. The number of rotatable bonds is 3. The number of benzene rings is 1. The normalized spacial score (nSPS) is 22.8. The second-order valence-electron chi connectivity index (χ2n) is 6.84. The minimum atomic E-state index is -0.122. The first-order chi connectivity index (χ1) is 12.1. The highest BCUT2D eigenvalue weighted by molar-refractivity contribution is 7.08. The van der Waals surface area contributed by atoms with Gasteiger partial charge < -0.3 is 14.5 Å². The van der Waals surface area contributed by atoms with Gasteiger partial charge in [0.2, 0.25) is 5.91 Å². The molecule has 0 bridgehead atoms. The lowest BCUT2D eigenvalue weighted by Gasteiger charge is -2.24. The molecule has 2 aliphatic heterocycles. The second-order valence-corrected chi connectivity index (χ2v) is 7.62. The molecule has 1 aromatic heterocycles. The quantitative estimate of drug-likeness (QED) is 0.849. The predicted molar refractivity (Wildman–Crippen MR) is 97.2 cm³/mol. The first-order valence-corrected chi connectivity index (χ1v) is 9.30. The number of nitrogens with zero attached hydrogens (tertiary/aromatic N) is 2. The molecule has 0 unspecified atom stereocenters. The van der Waals surface area contributed by atoms with E-state index in [0.29, 0.717) is 19.5 Å². The Hall–Kier alpha value is -2.34. The van der Waals surface area contributed by atoms with Crippen molar-refractivity contribution in [1.82, 2.24) is 4.90 Å². The zero-order valence-electron chi connectivity index (χ0n) is 14.1. The van der Waals surface area contributed by atoms with Gasteiger partial charge in [-0.25, -0.2) is 0 Å². The summed E-state index contributed by atoms with van der Waals surface area (Å²) in [5.74, 6) is 0.988. The number of amides is 2. The standard InChI is InChI=1S/C19H20N2O3S/c1-24-16-4-2-15(3-5-16)21-13-19(10-17(21)22)7-8-20(12-19)18(23)14-6-9-25-11-14/h2-6,9,11H,7-8,10,12-13H2,1H3/t19-/m0/s1. The van der Waals surface area contributed by atoms with Crippen molar-refractivity contribution in [3.8, 4) is 5.75 Å². The zero-order valence-corrected chi connectivity index (χ0v) is 14.9. The van der Waals surface area contributed by atoms with Crippen molar-refractivity contribution in [3.05, 3.63) is 46.7 Å². The molecule has 0 aliphatic carbocycles. The van der Waals surface area contributed by atoms with Crippen molar-refractivity contribution in [1.29, 1.82) is 0 Å². The van der Waals surface area contributed by atoms with E-state index in [-0.39, 0.29) is 17.2 Å². The third-order valence-corrected chi connectivity index (χ3v) is 5.88. The van der Waals surface area contributed by atoms with Gasteiger partial charge in [0.15, 0.2) is 0 Å². The summed E-state index contributed by atoms with van der Waals surface area (Å²) in [6.07, 6.45) is 1.38. The molecule has 5 nitrogen and oxygen atoms in total. The van der Waals surface area contributed by atoms with Gasteiger partial charge in [0, 0.05) is 42.5 Å². The van der Waals surface area contributed by atoms with Gasteiger partial charge >= 0.3 is 0 Å². The fraction of sp³-hybridized carbons (Fsp3) is 0.368. The van der Waals surface area contributed by atoms with Gasteiger partial charge in [0.1, 0.15) is 5.75 Å². The van der Waals surface area contributed by atoms with Crippen LogP contribution in [0.4, 0.5) is 5.69 Å². The number of hydrogen-bond acceptors (Lipinski definition) is 4. The highest BCUT2D eigenvalue weighted by atomic mass is 32.1. The Morgan fingerprint density at radius 1 is 1.20 bits per heavy atom. The summed E-state index contributed by atoms with van der Waals surface area (Å²) in [5.41, 5.74) is 1.52. The molecule has 0 N–H and O–H groups in total. The van der Waals surface area contributed by atoms with E-state index in [1.54, 1.807) is 7.11 Å². The molecule has 0 radical (unpaired) electrons. The largest absolute Gasteiger partial charge is 0.497 e. The first-order valence-electron chi connectivity index (χ1n) is 8.36. The Morgan fingerprint density at radius 2 is 2.00 bits per heavy atom. The van der Waals surface area contributed by atoms with E-state index >= 15 is 0 Å². The number of carbonyl (C=O) groups is 2. The van der Waals surface area contributed by atoms with Gasteiger partial charge in [-0.15, -0.1) is 0 Å². The van der Waals surface area contributed by atoms with Crippen molar-refractivity contribution in [2.45, 2.75) is 12.8 Å². The average Bonchev–Trinajstić information content (AvgIpc) is 3.36. The summed E-state index contributed by atoms with van der Waals surface area (Å²) in [6.45, 7) is 2.05. The molecule has 130 valence electrons. The van der Waals surface area contributed by atoms with Crippen LogP contribution in [-0.4, -0.2) is 43.5 Å². The molecular weight excluding hydrogens is 336 g/mol. The van der Waals surface area contributed by atoms with Crippen LogP contribution >= 0.6 is 11.3 Å². The second kappa shape index (κ2) is 6.19. The lowest BCUT2D eigenvalue weighted by molar-refractivity contribution is -0.117. The molecule has 2 aromatic rings. The van der Waals surface area contributed by atoms with Crippen LogP contribution in [0.2, 0.25) is 0 Å². The topological polar surface area (TPSA) is 49.9 Å². The highest BCUT2D eigenvalue weighted by Gasteiger charge is 2.48. The summed E-state index contributed by atoms with van der Waals surface area (Å²) in [6, 6.07) is 9.43. The molecule has 3 heterocycles. The minimum absolute atomic E-state index is 0.0773. The number of ether oxygens (including phenoxy) is 1. The predicted octanol–water partition coefficient (Wildman–Crippen LogP) is 3.03. The molecular formula is C19H20N2O3S. The molecule has 2 saturated heterocycles. The smallest absolute Gasteiger partial charge is 0.254 e. The van der Waals surface area contributed by atoms with E-state index in [2.05, 4.69) is 0 Å². The van der Waals surface area contributed by atoms with Crippen LogP contribution in [0.15, 0.2) is 41.1 Å². The summed E-state index contributed by atoms with van der Waals surface area (Å²) < 4.78 is 5.18. The number of anilines is 1. The molecule has 4 rings (SSSR count). The molecule has 2 amide bonds. The Bertz CT molecular complexity index is 788. The van der Waals surface area contributed by atoms with Gasteiger partial charge in [-0.3, -0.25) is 9.59 Å². The lowest BCUT2D eigenvalue weighted by atomic mass is 9.86. The van der Waals surface area contributed by atoms with Crippen molar-refractivity contribution < 1.29 is 14.3 Å². The average molecular weight is 356 g/mol. The maximum Gasteiger partial charge on any atom is 0.254 e. The van der Waals surface area contributed by atoms with Gasteiger partial charge in [-0.05, 0) is 42.1 Å². The van der Waals surface area contributed by atoms with Gasteiger partial charge in [0.25, 0.3) is 5.91 Å². The summed E-state index contributed by atoms with van der Waals surface area (Å²) in [4.78, 5) is 28.9. The molecule has 2 aliphatic rings. The van der Waals surface area contributed by atoms with Crippen molar-refractivity contribution in [3.63, 3.8) is 0 Å². The molecule has 1 aromatic carbocycles. The van der Waals surface area contributed by atoms with E-state index in [4.69, 9.17) is 4.74 Å². The third kappa shape index (κ3) is 2.91. The Balaban J connectivity index is 1.49. The number of methoxy groups -OCH3 is 1. The van der Waals surface area contributed by atoms with E-state index in [0.717, 1.165) is 30.0 Å². The fourth-order valence-electron chi connectivity index (χ4n) is 3.84. The van der Waals surface area contributed by atoms with Gasteiger partial charge in [-0.2, -0.15) is 11.3 Å². The molecule has 0 saturated carbocycles.